The Morgan fingerprint density at radius 2 is 0.579 bits per heavy atom. The molecule has 0 aliphatic heterocycles. The Labute approximate surface area is 246 Å². The van der Waals surface area contributed by atoms with Crippen LogP contribution in [0.4, 0.5) is 0 Å². The molecule has 2 heteroatoms. The first kappa shape index (κ1) is 33.9. The van der Waals surface area contributed by atoms with Crippen molar-refractivity contribution in [3.8, 4) is 0 Å². The van der Waals surface area contributed by atoms with Crippen LogP contribution in [0.1, 0.15) is 192 Å². The molecule has 0 aliphatic rings. The highest BCUT2D eigenvalue weighted by molar-refractivity contribution is 7.26. The van der Waals surface area contributed by atoms with Crippen molar-refractivity contribution in [3.63, 3.8) is 0 Å². The van der Waals surface area contributed by atoms with Crippen LogP contribution in [0.5, 0.6) is 0 Å². The number of hydrogen-bond acceptors (Lipinski definition) is 2. The third-order valence-corrected chi connectivity index (χ3v) is 10.9. The van der Waals surface area contributed by atoms with Gasteiger partial charge in [-0.05, 0) is 47.6 Å². The van der Waals surface area contributed by atoms with E-state index < -0.39 is 0 Å². The average Bonchev–Trinajstić information content (AvgIpc) is 3.52. The van der Waals surface area contributed by atoms with Gasteiger partial charge in [-0.15, -0.1) is 22.7 Å². The van der Waals surface area contributed by atoms with Gasteiger partial charge in [0.1, 0.15) is 0 Å². The monoisotopic (exact) mass is 560 g/mol. The SMILES string of the molecule is CCCCCCCCCCCCCCCc1csc2c(CCCCCCCCCCCCCCC)csc12. The molecular weight excluding hydrogens is 497 g/mol. The first-order chi connectivity index (χ1) is 18.9. The average molecular weight is 561 g/mol. The summed E-state index contributed by atoms with van der Waals surface area (Å²) in [5, 5.41) is 4.96. The molecule has 220 valence electrons. The lowest BCUT2D eigenvalue weighted by Gasteiger charge is -2.03. The zero-order valence-corrected chi connectivity index (χ0v) is 27.4. The predicted octanol–water partition coefficient (Wildman–Crippen LogP) is 14.2. The van der Waals surface area contributed by atoms with E-state index in [4.69, 9.17) is 0 Å². The molecule has 0 nitrogen and oxygen atoms in total. The molecule has 0 amide bonds. The Bertz CT molecular complexity index is 691. The maximum absolute atomic E-state index is 2.48. The second-order valence-electron chi connectivity index (χ2n) is 12.2. The molecule has 0 aliphatic carbocycles. The Morgan fingerprint density at radius 1 is 0.342 bits per heavy atom. The topological polar surface area (TPSA) is 0 Å². The first-order valence-corrected chi connectivity index (χ1v) is 19.1. The fraction of sp³-hybridized carbons (Fsp3) is 0.833. The number of rotatable bonds is 28. The number of aryl methyl sites for hydroxylation is 2. The number of hydrogen-bond donors (Lipinski definition) is 0. The van der Waals surface area contributed by atoms with Crippen LogP contribution in [0.2, 0.25) is 0 Å². The van der Waals surface area contributed by atoms with Gasteiger partial charge >= 0.3 is 0 Å². The Hall–Kier alpha value is -0.340. The molecular formula is C36H64S2. The van der Waals surface area contributed by atoms with Crippen LogP contribution in [-0.4, -0.2) is 0 Å². The lowest BCUT2D eigenvalue weighted by molar-refractivity contribution is 0.539. The van der Waals surface area contributed by atoms with Gasteiger partial charge in [0.15, 0.2) is 0 Å². The molecule has 2 rings (SSSR count). The summed E-state index contributed by atoms with van der Waals surface area (Å²) in [6, 6.07) is 0. The van der Waals surface area contributed by atoms with Crippen LogP contribution < -0.4 is 0 Å². The van der Waals surface area contributed by atoms with Crippen molar-refractivity contribution in [2.75, 3.05) is 0 Å². The summed E-state index contributed by atoms with van der Waals surface area (Å²) in [6.07, 6.45) is 40.2. The minimum Gasteiger partial charge on any atom is -0.142 e. The predicted molar refractivity (Wildman–Crippen MR) is 178 cm³/mol. The third-order valence-electron chi connectivity index (χ3n) is 8.53. The molecule has 0 saturated heterocycles. The van der Waals surface area contributed by atoms with Crippen molar-refractivity contribution in [1.29, 1.82) is 0 Å². The van der Waals surface area contributed by atoms with Crippen LogP contribution in [0.3, 0.4) is 0 Å². The lowest BCUT2D eigenvalue weighted by Crippen LogP contribution is -1.86. The molecule has 0 N–H and O–H groups in total. The van der Waals surface area contributed by atoms with Crippen molar-refractivity contribution in [3.05, 3.63) is 21.9 Å². The smallest absolute Gasteiger partial charge is 0.0485 e. The maximum Gasteiger partial charge on any atom is 0.0485 e. The van der Waals surface area contributed by atoms with Crippen LogP contribution in [0.15, 0.2) is 10.8 Å². The molecule has 0 spiro atoms. The summed E-state index contributed by atoms with van der Waals surface area (Å²) in [5.74, 6) is 0. The van der Waals surface area contributed by atoms with Gasteiger partial charge in [-0.1, -0.05) is 168 Å². The second-order valence-corrected chi connectivity index (χ2v) is 13.9. The van der Waals surface area contributed by atoms with Gasteiger partial charge in [0.05, 0.1) is 0 Å². The molecule has 0 radical (unpaired) electrons. The largest absolute Gasteiger partial charge is 0.142 e. The van der Waals surface area contributed by atoms with Crippen LogP contribution in [-0.2, 0) is 12.8 Å². The van der Waals surface area contributed by atoms with E-state index in [0.29, 0.717) is 0 Å². The van der Waals surface area contributed by atoms with E-state index in [1.54, 1.807) is 20.5 Å². The molecule has 2 heterocycles. The van der Waals surface area contributed by atoms with E-state index in [1.165, 1.54) is 180 Å². The summed E-state index contributed by atoms with van der Waals surface area (Å²) >= 11 is 4.06. The molecule has 0 saturated carbocycles. The van der Waals surface area contributed by atoms with Crippen molar-refractivity contribution < 1.29 is 0 Å². The molecule has 0 aromatic carbocycles. The van der Waals surface area contributed by atoms with Crippen molar-refractivity contribution in [2.24, 2.45) is 0 Å². The van der Waals surface area contributed by atoms with E-state index in [0.717, 1.165) is 0 Å². The lowest BCUT2D eigenvalue weighted by atomic mass is 10.0. The molecule has 0 bridgehead atoms. The second kappa shape index (κ2) is 24.5. The van der Waals surface area contributed by atoms with E-state index in [1.807, 2.05) is 22.7 Å². The summed E-state index contributed by atoms with van der Waals surface area (Å²) in [5.41, 5.74) is 3.30. The molecule has 2 aromatic heterocycles. The molecule has 38 heavy (non-hydrogen) atoms. The minimum atomic E-state index is 1.30. The van der Waals surface area contributed by atoms with Gasteiger partial charge in [-0.3, -0.25) is 0 Å². The normalized spacial score (nSPS) is 11.7. The van der Waals surface area contributed by atoms with Crippen molar-refractivity contribution in [1.82, 2.24) is 0 Å². The van der Waals surface area contributed by atoms with Crippen LogP contribution >= 0.6 is 22.7 Å². The molecule has 0 atom stereocenters. The number of fused-ring (bicyclic) bond motifs is 1. The third kappa shape index (κ3) is 16.1. The zero-order chi connectivity index (χ0) is 26.9. The van der Waals surface area contributed by atoms with Gasteiger partial charge in [-0.2, -0.15) is 0 Å². The quantitative estimate of drug-likeness (QED) is 0.0908. The van der Waals surface area contributed by atoms with Crippen molar-refractivity contribution >= 4 is 32.1 Å². The summed E-state index contributed by atoms with van der Waals surface area (Å²) < 4.78 is 3.25. The van der Waals surface area contributed by atoms with Gasteiger partial charge < -0.3 is 0 Å². The van der Waals surface area contributed by atoms with Gasteiger partial charge in [0.25, 0.3) is 0 Å². The van der Waals surface area contributed by atoms with Gasteiger partial charge in [0, 0.05) is 9.40 Å². The highest BCUT2D eigenvalue weighted by Crippen LogP contribution is 2.36. The van der Waals surface area contributed by atoms with Gasteiger partial charge in [0.2, 0.25) is 0 Å². The molecule has 0 fully saturated rings. The molecule has 2 aromatic rings. The summed E-state index contributed by atoms with van der Waals surface area (Å²) in [4.78, 5) is 0. The Balaban J connectivity index is 1.42. The van der Waals surface area contributed by atoms with E-state index in [9.17, 15) is 0 Å². The van der Waals surface area contributed by atoms with Crippen LogP contribution in [0, 0.1) is 0 Å². The van der Waals surface area contributed by atoms with Gasteiger partial charge in [-0.25, -0.2) is 0 Å². The summed E-state index contributed by atoms with van der Waals surface area (Å²) in [7, 11) is 0. The zero-order valence-electron chi connectivity index (χ0n) is 25.8. The first-order valence-electron chi connectivity index (χ1n) is 17.3. The van der Waals surface area contributed by atoms with Crippen LogP contribution in [0.25, 0.3) is 9.40 Å². The van der Waals surface area contributed by atoms with E-state index in [2.05, 4.69) is 24.6 Å². The Kier molecular flexibility index (Phi) is 21.8. The minimum absolute atomic E-state index is 1.30. The van der Waals surface area contributed by atoms with Crippen molar-refractivity contribution in [2.45, 2.75) is 194 Å². The molecule has 0 unspecified atom stereocenters. The van der Waals surface area contributed by atoms with E-state index in [-0.39, 0.29) is 0 Å². The Morgan fingerprint density at radius 3 is 0.842 bits per heavy atom. The summed E-state index contributed by atoms with van der Waals surface area (Å²) in [6.45, 7) is 4.61. The van der Waals surface area contributed by atoms with E-state index >= 15 is 0 Å². The number of thiophene rings is 2. The fourth-order valence-electron chi connectivity index (χ4n) is 5.93. The number of unbranched alkanes of at least 4 members (excludes halogenated alkanes) is 24. The standard InChI is InChI=1S/C36H64S2/c1-3-5-7-9-11-13-15-17-19-21-23-25-27-29-33-31-37-36-34(32-38-35(33)36)30-28-26-24-22-20-18-16-14-12-10-8-6-4-2/h31-32H,3-30H2,1-2H3. The fourth-order valence-corrected chi connectivity index (χ4v) is 8.46. The highest BCUT2D eigenvalue weighted by atomic mass is 32.1. The maximum atomic E-state index is 2.48. The highest BCUT2D eigenvalue weighted by Gasteiger charge is 2.10.